The third-order valence-electron chi connectivity index (χ3n) is 2.34. The van der Waals surface area contributed by atoms with Gasteiger partial charge in [-0.2, -0.15) is 0 Å². The molecule has 2 N–H and O–H groups in total. The van der Waals surface area contributed by atoms with Gasteiger partial charge in [0.15, 0.2) is 0 Å². The van der Waals surface area contributed by atoms with Gasteiger partial charge < -0.3 is 15.2 Å². The molecular formula is C14H18BrNO4. The Bertz CT molecular complexity index is 479. The summed E-state index contributed by atoms with van der Waals surface area (Å²) in [7, 11) is 0. The monoisotopic (exact) mass is 343 g/mol. The summed E-state index contributed by atoms with van der Waals surface area (Å²) in [5.41, 5.74) is 0.0823. The first kappa shape index (κ1) is 16.5. The molecule has 110 valence electrons. The molecule has 20 heavy (non-hydrogen) atoms. The first-order valence-corrected chi connectivity index (χ1v) is 6.93. The number of alkyl carbamates (subject to hydrolysis) is 1. The minimum atomic E-state index is -0.992. The molecule has 0 radical (unpaired) electrons. The number of carboxylic acid groups (broad SMARTS) is 1. The van der Waals surface area contributed by atoms with Crippen molar-refractivity contribution < 1.29 is 19.4 Å². The van der Waals surface area contributed by atoms with Crippen molar-refractivity contribution in [2.45, 2.75) is 38.8 Å². The van der Waals surface area contributed by atoms with Crippen LogP contribution in [-0.4, -0.2) is 22.8 Å². The maximum absolute atomic E-state index is 11.8. The number of nitrogens with one attached hydrogen (secondary N) is 1. The van der Waals surface area contributed by atoms with E-state index in [4.69, 9.17) is 9.84 Å². The van der Waals surface area contributed by atoms with E-state index in [0.717, 1.165) is 4.47 Å². The lowest BCUT2D eigenvalue weighted by Gasteiger charge is -2.23. The molecule has 1 aromatic rings. The quantitative estimate of drug-likeness (QED) is 0.877. The van der Waals surface area contributed by atoms with Crippen molar-refractivity contribution in [2.75, 3.05) is 0 Å². The van der Waals surface area contributed by atoms with Crippen LogP contribution in [0, 0.1) is 0 Å². The average Bonchev–Trinajstić information content (AvgIpc) is 2.25. The van der Waals surface area contributed by atoms with Gasteiger partial charge in [0, 0.05) is 4.47 Å². The summed E-state index contributed by atoms with van der Waals surface area (Å²) >= 11 is 3.31. The minimum absolute atomic E-state index is 0.207. The van der Waals surface area contributed by atoms with Crippen LogP contribution in [0.15, 0.2) is 28.7 Å². The van der Waals surface area contributed by atoms with Gasteiger partial charge in [0.2, 0.25) is 0 Å². The minimum Gasteiger partial charge on any atom is -0.481 e. The second kappa shape index (κ2) is 6.74. The van der Waals surface area contributed by atoms with Crippen LogP contribution in [0.5, 0.6) is 0 Å². The summed E-state index contributed by atoms with van der Waals surface area (Å²) in [6, 6.07) is 6.47. The maximum Gasteiger partial charge on any atom is 0.408 e. The van der Waals surface area contributed by atoms with Crippen LogP contribution in [0.25, 0.3) is 0 Å². The van der Waals surface area contributed by atoms with E-state index in [9.17, 15) is 9.59 Å². The molecule has 0 saturated carbocycles. The zero-order chi connectivity index (χ0) is 15.3. The number of rotatable bonds is 4. The van der Waals surface area contributed by atoms with Crippen molar-refractivity contribution in [3.63, 3.8) is 0 Å². The molecule has 5 nitrogen and oxygen atoms in total. The van der Waals surface area contributed by atoms with Crippen molar-refractivity contribution in [2.24, 2.45) is 0 Å². The van der Waals surface area contributed by atoms with Gasteiger partial charge >= 0.3 is 12.1 Å². The molecule has 0 heterocycles. The molecule has 0 aliphatic rings. The molecule has 0 bridgehead atoms. The first-order valence-electron chi connectivity index (χ1n) is 6.14. The van der Waals surface area contributed by atoms with Crippen LogP contribution in [0.2, 0.25) is 0 Å². The van der Waals surface area contributed by atoms with Crippen LogP contribution in [0.3, 0.4) is 0 Å². The normalized spacial score (nSPS) is 12.6. The van der Waals surface area contributed by atoms with Gasteiger partial charge in [0.25, 0.3) is 0 Å². The molecule has 0 saturated heterocycles. The number of hydrogen-bond acceptors (Lipinski definition) is 3. The smallest absolute Gasteiger partial charge is 0.408 e. The Morgan fingerprint density at radius 2 is 1.85 bits per heavy atom. The second-order valence-corrected chi connectivity index (χ2v) is 6.26. The van der Waals surface area contributed by atoms with E-state index in [0.29, 0.717) is 5.56 Å². The largest absolute Gasteiger partial charge is 0.481 e. The van der Waals surface area contributed by atoms with Gasteiger partial charge in [0.1, 0.15) is 5.60 Å². The standard InChI is InChI=1S/C14H18BrNO4/c1-14(2,3)20-13(19)16-11(8-12(17)18)9-4-6-10(15)7-5-9/h4-7,11H,8H2,1-3H3,(H,16,19)(H,17,18). The number of carboxylic acids is 1. The second-order valence-electron chi connectivity index (χ2n) is 5.35. The molecule has 0 aromatic heterocycles. The Morgan fingerprint density at radius 3 is 2.30 bits per heavy atom. The summed E-state index contributed by atoms with van der Waals surface area (Å²) in [6.07, 6.45) is -0.840. The molecule has 1 unspecified atom stereocenters. The van der Waals surface area contributed by atoms with Crippen LogP contribution >= 0.6 is 15.9 Å². The predicted octanol–water partition coefficient (Wildman–Crippen LogP) is 3.49. The molecule has 0 aliphatic carbocycles. The summed E-state index contributed by atoms with van der Waals surface area (Å²) in [5, 5.41) is 11.5. The van der Waals surface area contributed by atoms with Crippen molar-refractivity contribution in [1.29, 1.82) is 0 Å². The Hall–Kier alpha value is -1.56. The zero-order valence-corrected chi connectivity index (χ0v) is 13.2. The summed E-state index contributed by atoms with van der Waals surface area (Å²) in [4.78, 5) is 22.7. The van der Waals surface area contributed by atoms with Crippen LogP contribution in [0.4, 0.5) is 4.79 Å². The molecule has 1 rings (SSSR count). The van der Waals surface area contributed by atoms with Crippen molar-refractivity contribution in [1.82, 2.24) is 5.32 Å². The fourth-order valence-electron chi connectivity index (χ4n) is 1.57. The van der Waals surface area contributed by atoms with Crippen LogP contribution < -0.4 is 5.32 Å². The molecule has 0 aliphatic heterocycles. The Balaban J connectivity index is 2.82. The molecule has 0 spiro atoms. The molecule has 1 amide bonds. The van der Waals surface area contributed by atoms with E-state index in [1.54, 1.807) is 45.0 Å². The number of aliphatic carboxylic acids is 1. The number of carbonyl (C=O) groups is 2. The number of carbonyl (C=O) groups excluding carboxylic acids is 1. The predicted molar refractivity (Wildman–Crippen MR) is 78.5 cm³/mol. The summed E-state index contributed by atoms with van der Waals surface area (Å²) in [6.45, 7) is 5.25. The highest BCUT2D eigenvalue weighted by molar-refractivity contribution is 9.10. The number of ether oxygens (including phenoxy) is 1. The molecule has 1 aromatic carbocycles. The maximum atomic E-state index is 11.8. The van der Waals surface area contributed by atoms with E-state index < -0.39 is 23.7 Å². The molecule has 1 atom stereocenters. The van der Waals surface area contributed by atoms with Gasteiger partial charge in [-0.1, -0.05) is 28.1 Å². The highest BCUT2D eigenvalue weighted by atomic mass is 79.9. The fraction of sp³-hybridized carbons (Fsp3) is 0.429. The Kier molecular flexibility index (Phi) is 5.56. The lowest BCUT2D eigenvalue weighted by Crippen LogP contribution is -2.35. The van der Waals surface area contributed by atoms with E-state index >= 15 is 0 Å². The summed E-state index contributed by atoms with van der Waals surface area (Å²) < 4.78 is 6.02. The number of amides is 1. The van der Waals surface area contributed by atoms with Gasteiger partial charge in [-0.05, 0) is 38.5 Å². The lowest BCUT2D eigenvalue weighted by atomic mass is 10.0. The molecule has 0 fully saturated rings. The van der Waals surface area contributed by atoms with Crippen molar-refractivity contribution in [3.05, 3.63) is 34.3 Å². The fourth-order valence-corrected chi connectivity index (χ4v) is 1.84. The number of halogens is 1. The summed E-state index contributed by atoms with van der Waals surface area (Å²) in [5.74, 6) is -0.992. The first-order chi connectivity index (χ1) is 9.17. The van der Waals surface area contributed by atoms with E-state index in [1.165, 1.54) is 0 Å². The third kappa shape index (κ3) is 6.06. The Labute approximate surface area is 126 Å². The molecular weight excluding hydrogens is 326 g/mol. The van der Waals surface area contributed by atoms with Crippen LogP contribution in [0.1, 0.15) is 38.8 Å². The highest BCUT2D eigenvalue weighted by Crippen LogP contribution is 2.20. The number of benzene rings is 1. The van der Waals surface area contributed by atoms with Crippen molar-refractivity contribution >= 4 is 28.0 Å². The van der Waals surface area contributed by atoms with Crippen molar-refractivity contribution in [3.8, 4) is 0 Å². The lowest BCUT2D eigenvalue weighted by molar-refractivity contribution is -0.137. The Morgan fingerprint density at radius 1 is 1.30 bits per heavy atom. The van der Waals surface area contributed by atoms with E-state index in [-0.39, 0.29) is 6.42 Å². The van der Waals surface area contributed by atoms with Gasteiger partial charge in [-0.3, -0.25) is 4.79 Å². The van der Waals surface area contributed by atoms with E-state index in [1.807, 2.05) is 0 Å². The average molecular weight is 344 g/mol. The SMILES string of the molecule is CC(C)(C)OC(=O)NC(CC(=O)O)c1ccc(Br)cc1. The zero-order valence-electron chi connectivity index (χ0n) is 11.6. The topological polar surface area (TPSA) is 75.6 Å². The highest BCUT2D eigenvalue weighted by Gasteiger charge is 2.22. The van der Waals surface area contributed by atoms with Gasteiger partial charge in [-0.15, -0.1) is 0 Å². The van der Waals surface area contributed by atoms with Crippen LogP contribution in [-0.2, 0) is 9.53 Å². The molecule has 6 heteroatoms. The van der Waals surface area contributed by atoms with Gasteiger partial charge in [0.05, 0.1) is 12.5 Å². The van der Waals surface area contributed by atoms with E-state index in [2.05, 4.69) is 21.2 Å². The third-order valence-corrected chi connectivity index (χ3v) is 2.87. The van der Waals surface area contributed by atoms with Gasteiger partial charge in [-0.25, -0.2) is 4.79 Å². The number of hydrogen-bond donors (Lipinski definition) is 2.